The number of carbonyl (C=O) groups is 1. The molecule has 1 amide bonds. The predicted molar refractivity (Wildman–Crippen MR) is 120 cm³/mol. The van der Waals surface area contributed by atoms with Gasteiger partial charge in [-0.2, -0.15) is 0 Å². The van der Waals surface area contributed by atoms with Crippen LogP contribution in [0.3, 0.4) is 0 Å². The predicted octanol–water partition coefficient (Wildman–Crippen LogP) is 4.29. The summed E-state index contributed by atoms with van der Waals surface area (Å²) in [7, 11) is -3.23. The number of sulfonamides is 1. The van der Waals surface area contributed by atoms with E-state index in [1.807, 2.05) is 30.3 Å². The van der Waals surface area contributed by atoms with Gasteiger partial charge in [-0.3, -0.25) is 9.10 Å². The zero-order chi connectivity index (χ0) is 21.4. The third-order valence-electron chi connectivity index (χ3n) is 5.29. The number of rotatable bonds is 4. The second-order valence-corrected chi connectivity index (χ2v) is 9.37. The fraction of sp³-hybridized carbons (Fsp3) is 0.130. The molecule has 1 aliphatic heterocycles. The Hall–Kier alpha value is -3.65. The van der Waals surface area contributed by atoms with Gasteiger partial charge in [-0.25, -0.2) is 8.42 Å². The molecule has 5 rings (SSSR count). The van der Waals surface area contributed by atoms with Gasteiger partial charge in [0.1, 0.15) is 5.52 Å². The number of fused-ring (bicyclic) bond motifs is 1. The standard InChI is InChI=1S/C23H19N3O4S/c27-23(24-18-8-10-19(11-9-18)26-13-4-14-31(26,28)29)17-7-12-21-20(15-17)22(30-25-21)16-5-2-1-3-6-16/h1-3,5-12,15H,4,13-14H2,(H,24,27). The molecule has 1 aromatic heterocycles. The van der Waals surface area contributed by atoms with Gasteiger partial charge in [0.05, 0.1) is 16.8 Å². The van der Waals surface area contributed by atoms with Gasteiger partial charge < -0.3 is 9.84 Å². The number of amides is 1. The molecule has 156 valence electrons. The number of carbonyl (C=O) groups excluding carboxylic acids is 1. The summed E-state index contributed by atoms with van der Waals surface area (Å²) in [5.41, 5.74) is 3.22. The summed E-state index contributed by atoms with van der Waals surface area (Å²) in [5, 5.41) is 7.69. The molecule has 0 atom stereocenters. The van der Waals surface area contributed by atoms with Crippen molar-refractivity contribution in [2.75, 3.05) is 21.9 Å². The Labute approximate surface area is 179 Å². The zero-order valence-corrected chi connectivity index (χ0v) is 17.3. The van der Waals surface area contributed by atoms with Gasteiger partial charge in [0.2, 0.25) is 10.0 Å². The average molecular weight is 433 g/mol. The highest BCUT2D eigenvalue weighted by Crippen LogP contribution is 2.30. The molecule has 31 heavy (non-hydrogen) atoms. The normalized spacial score (nSPS) is 15.3. The lowest BCUT2D eigenvalue weighted by Gasteiger charge is -2.17. The highest BCUT2D eigenvalue weighted by molar-refractivity contribution is 7.93. The van der Waals surface area contributed by atoms with Gasteiger partial charge in [0.25, 0.3) is 5.91 Å². The number of hydrogen-bond donors (Lipinski definition) is 1. The number of aromatic nitrogens is 1. The Kier molecular flexibility index (Phi) is 4.71. The van der Waals surface area contributed by atoms with Crippen molar-refractivity contribution >= 4 is 38.2 Å². The lowest BCUT2D eigenvalue weighted by atomic mass is 10.1. The van der Waals surface area contributed by atoms with Crippen LogP contribution in [0.25, 0.3) is 22.2 Å². The van der Waals surface area contributed by atoms with E-state index < -0.39 is 10.0 Å². The Bertz CT molecular complexity index is 1360. The maximum atomic E-state index is 12.8. The molecule has 0 radical (unpaired) electrons. The molecule has 1 aliphatic rings. The number of anilines is 2. The van der Waals surface area contributed by atoms with Crippen molar-refractivity contribution in [3.05, 3.63) is 78.4 Å². The van der Waals surface area contributed by atoms with Crippen LogP contribution in [-0.4, -0.2) is 31.8 Å². The Morgan fingerprint density at radius 2 is 1.77 bits per heavy atom. The van der Waals surface area contributed by atoms with Crippen molar-refractivity contribution in [2.45, 2.75) is 6.42 Å². The molecular weight excluding hydrogens is 414 g/mol. The van der Waals surface area contributed by atoms with Gasteiger partial charge in [0, 0.05) is 23.4 Å². The van der Waals surface area contributed by atoms with Gasteiger partial charge in [0.15, 0.2) is 5.76 Å². The number of benzene rings is 3. The van der Waals surface area contributed by atoms with E-state index in [9.17, 15) is 13.2 Å². The van der Waals surface area contributed by atoms with Gasteiger partial charge in [-0.05, 0) is 48.9 Å². The number of nitrogens with one attached hydrogen (secondary N) is 1. The second kappa shape index (κ2) is 7.55. The first-order valence-corrected chi connectivity index (χ1v) is 11.5. The second-order valence-electron chi connectivity index (χ2n) is 7.35. The molecule has 0 bridgehead atoms. The molecule has 1 N–H and O–H groups in total. The van der Waals surface area contributed by atoms with Gasteiger partial charge in [-0.15, -0.1) is 0 Å². The van der Waals surface area contributed by atoms with E-state index in [2.05, 4.69) is 10.5 Å². The van der Waals surface area contributed by atoms with Crippen molar-refractivity contribution in [3.63, 3.8) is 0 Å². The minimum Gasteiger partial charge on any atom is -0.355 e. The van der Waals surface area contributed by atoms with E-state index >= 15 is 0 Å². The molecular formula is C23H19N3O4S. The van der Waals surface area contributed by atoms with Crippen LogP contribution in [0.15, 0.2) is 77.3 Å². The first-order chi connectivity index (χ1) is 15.0. The van der Waals surface area contributed by atoms with E-state index in [-0.39, 0.29) is 11.7 Å². The molecule has 1 saturated heterocycles. The highest BCUT2D eigenvalue weighted by atomic mass is 32.2. The van der Waals surface area contributed by atoms with Crippen molar-refractivity contribution < 1.29 is 17.7 Å². The third kappa shape index (κ3) is 3.66. The summed E-state index contributed by atoms with van der Waals surface area (Å²) in [6, 6.07) is 21.6. The van der Waals surface area contributed by atoms with Gasteiger partial charge >= 0.3 is 0 Å². The summed E-state index contributed by atoms with van der Waals surface area (Å²) >= 11 is 0. The SMILES string of the molecule is O=C(Nc1ccc(N2CCCS2(=O)=O)cc1)c1ccc2noc(-c3ccccc3)c2c1. The van der Waals surface area contributed by atoms with Crippen LogP contribution in [0.2, 0.25) is 0 Å². The first kappa shape index (κ1) is 19.3. The van der Waals surface area contributed by atoms with E-state index in [1.165, 1.54) is 4.31 Å². The first-order valence-electron chi connectivity index (χ1n) is 9.88. The van der Waals surface area contributed by atoms with E-state index in [1.54, 1.807) is 42.5 Å². The van der Waals surface area contributed by atoms with Crippen LogP contribution in [0.1, 0.15) is 16.8 Å². The molecule has 8 heteroatoms. The minimum absolute atomic E-state index is 0.168. The highest BCUT2D eigenvalue weighted by Gasteiger charge is 2.28. The monoisotopic (exact) mass is 433 g/mol. The number of hydrogen-bond acceptors (Lipinski definition) is 5. The average Bonchev–Trinajstić information content (AvgIpc) is 3.37. The van der Waals surface area contributed by atoms with E-state index in [0.29, 0.717) is 41.2 Å². The van der Waals surface area contributed by atoms with Gasteiger partial charge in [-0.1, -0.05) is 35.5 Å². The quantitative estimate of drug-likeness (QED) is 0.518. The van der Waals surface area contributed by atoms with E-state index in [0.717, 1.165) is 10.9 Å². The van der Waals surface area contributed by atoms with Crippen LogP contribution in [0.5, 0.6) is 0 Å². The smallest absolute Gasteiger partial charge is 0.255 e. The molecule has 0 unspecified atom stereocenters. The molecule has 3 aromatic carbocycles. The Balaban J connectivity index is 1.38. The molecule has 1 fully saturated rings. The van der Waals surface area contributed by atoms with Crippen molar-refractivity contribution in [1.29, 1.82) is 0 Å². The lowest BCUT2D eigenvalue weighted by molar-refractivity contribution is 0.102. The van der Waals surface area contributed by atoms with Crippen LogP contribution >= 0.6 is 0 Å². The molecule has 2 heterocycles. The topological polar surface area (TPSA) is 92.5 Å². The Morgan fingerprint density at radius 3 is 2.48 bits per heavy atom. The summed E-state index contributed by atoms with van der Waals surface area (Å²) in [6.45, 7) is 0.483. The zero-order valence-electron chi connectivity index (χ0n) is 16.5. The Morgan fingerprint density at radius 1 is 1.00 bits per heavy atom. The maximum Gasteiger partial charge on any atom is 0.255 e. The third-order valence-corrected chi connectivity index (χ3v) is 7.16. The fourth-order valence-corrected chi connectivity index (χ4v) is 5.29. The summed E-state index contributed by atoms with van der Waals surface area (Å²) < 4.78 is 31.0. The maximum absolute atomic E-state index is 12.8. The van der Waals surface area contributed by atoms with E-state index in [4.69, 9.17) is 4.52 Å². The minimum atomic E-state index is -3.23. The molecule has 0 spiro atoms. The summed E-state index contributed by atoms with van der Waals surface area (Å²) in [6.07, 6.45) is 0.622. The molecule has 0 saturated carbocycles. The largest absolute Gasteiger partial charge is 0.355 e. The molecule has 0 aliphatic carbocycles. The summed E-state index contributed by atoms with van der Waals surface area (Å²) in [5.74, 6) is 0.506. The van der Waals surface area contributed by atoms with Crippen LogP contribution in [-0.2, 0) is 10.0 Å². The lowest BCUT2D eigenvalue weighted by Crippen LogP contribution is -2.24. The summed E-state index contributed by atoms with van der Waals surface area (Å²) in [4.78, 5) is 12.8. The van der Waals surface area contributed by atoms with Crippen molar-refractivity contribution in [2.24, 2.45) is 0 Å². The van der Waals surface area contributed by atoms with Crippen LogP contribution in [0, 0.1) is 0 Å². The fourth-order valence-electron chi connectivity index (χ4n) is 3.72. The number of nitrogens with zero attached hydrogens (tertiary/aromatic N) is 2. The van der Waals surface area contributed by atoms with Crippen molar-refractivity contribution in [3.8, 4) is 11.3 Å². The van der Waals surface area contributed by atoms with Crippen LogP contribution < -0.4 is 9.62 Å². The molecule has 4 aromatic rings. The molecule has 7 nitrogen and oxygen atoms in total. The van der Waals surface area contributed by atoms with Crippen LogP contribution in [0.4, 0.5) is 11.4 Å². The van der Waals surface area contributed by atoms with Crippen molar-refractivity contribution in [1.82, 2.24) is 5.16 Å².